The van der Waals surface area contributed by atoms with Gasteiger partial charge in [-0.3, -0.25) is 9.58 Å². The zero-order valence-corrected chi connectivity index (χ0v) is 12.5. The topological polar surface area (TPSA) is 47.1 Å². The van der Waals surface area contributed by atoms with Crippen LogP contribution >= 0.6 is 0 Å². The van der Waals surface area contributed by atoms with Crippen LogP contribution in [0.1, 0.15) is 25.5 Å². The van der Waals surface area contributed by atoms with Gasteiger partial charge in [0.15, 0.2) is 0 Å². The third kappa shape index (κ3) is 2.45. The summed E-state index contributed by atoms with van der Waals surface area (Å²) in [7, 11) is 2.02. The summed E-state index contributed by atoms with van der Waals surface area (Å²) in [6.07, 6.45) is 2.38. The van der Waals surface area contributed by atoms with Crippen LogP contribution in [-0.2, 0) is 13.6 Å². The first kappa shape index (κ1) is 13.6. The quantitative estimate of drug-likeness (QED) is 0.931. The molecule has 2 N–H and O–H groups in total. The highest BCUT2D eigenvalue weighted by Gasteiger charge is 2.29. The molecule has 0 radical (unpaired) electrons. The lowest BCUT2D eigenvalue weighted by atomic mass is 9.80. The second-order valence-corrected chi connectivity index (χ2v) is 6.38. The van der Waals surface area contributed by atoms with E-state index in [-0.39, 0.29) is 0 Å². The largest absolute Gasteiger partial charge is 0.330 e. The molecule has 4 nitrogen and oxygen atoms in total. The maximum Gasteiger partial charge on any atom is 0.0843 e. The number of nitrogens with zero attached hydrogens (tertiary/aromatic N) is 3. The Bertz CT molecular complexity index is 594. The van der Waals surface area contributed by atoms with E-state index in [2.05, 4.69) is 36.1 Å². The van der Waals surface area contributed by atoms with Gasteiger partial charge in [-0.05, 0) is 44.0 Å². The van der Waals surface area contributed by atoms with Crippen molar-refractivity contribution in [3.8, 4) is 0 Å². The van der Waals surface area contributed by atoms with Gasteiger partial charge in [0.25, 0.3) is 0 Å². The average molecular weight is 272 g/mol. The highest BCUT2D eigenvalue weighted by Crippen LogP contribution is 2.30. The van der Waals surface area contributed by atoms with Crippen LogP contribution in [0.15, 0.2) is 24.3 Å². The lowest BCUT2D eigenvalue weighted by Crippen LogP contribution is -2.41. The smallest absolute Gasteiger partial charge is 0.0843 e. The van der Waals surface area contributed by atoms with Gasteiger partial charge in [0, 0.05) is 19.0 Å². The molecule has 0 aliphatic carbocycles. The van der Waals surface area contributed by atoms with E-state index in [1.807, 2.05) is 11.7 Å². The molecular formula is C16H24N4. The van der Waals surface area contributed by atoms with Crippen molar-refractivity contribution in [2.24, 2.45) is 18.2 Å². The van der Waals surface area contributed by atoms with Crippen LogP contribution in [0.4, 0.5) is 0 Å². The van der Waals surface area contributed by atoms with Crippen LogP contribution in [-0.4, -0.2) is 34.3 Å². The number of piperidine rings is 1. The molecule has 3 rings (SSSR count). The Balaban J connectivity index is 1.75. The highest BCUT2D eigenvalue weighted by molar-refractivity contribution is 5.81. The number of aryl methyl sites for hydroxylation is 1. The summed E-state index contributed by atoms with van der Waals surface area (Å²) in [5.41, 5.74) is 8.62. The minimum Gasteiger partial charge on any atom is -0.330 e. The lowest BCUT2D eigenvalue weighted by molar-refractivity contribution is 0.118. The van der Waals surface area contributed by atoms with Crippen molar-refractivity contribution in [3.63, 3.8) is 0 Å². The molecule has 1 aromatic carbocycles. The summed E-state index contributed by atoms with van der Waals surface area (Å²) in [6.45, 7) is 6.30. The Hall–Kier alpha value is -1.39. The summed E-state index contributed by atoms with van der Waals surface area (Å²) in [6, 6.07) is 8.47. The number of likely N-dealkylation sites (tertiary alicyclic amines) is 1. The molecule has 0 saturated carbocycles. The zero-order chi connectivity index (χ0) is 14.2. The van der Waals surface area contributed by atoms with Crippen molar-refractivity contribution in [2.45, 2.75) is 26.3 Å². The molecule has 0 bridgehead atoms. The Morgan fingerprint density at radius 3 is 2.65 bits per heavy atom. The Kier molecular flexibility index (Phi) is 3.52. The minimum atomic E-state index is 0.336. The predicted octanol–water partition coefficient (Wildman–Crippen LogP) is 2.13. The number of aromatic nitrogens is 2. The minimum absolute atomic E-state index is 0.336. The van der Waals surface area contributed by atoms with Crippen molar-refractivity contribution < 1.29 is 0 Å². The molecule has 1 saturated heterocycles. The van der Waals surface area contributed by atoms with Gasteiger partial charge in [-0.25, -0.2) is 0 Å². The van der Waals surface area contributed by atoms with Gasteiger partial charge in [-0.15, -0.1) is 0 Å². The molecule has 1 aliphatic rings. The number of hydrogen-bond donors (Lipinski definition) is 1. The molecule has 0 amide bonds. The Morgan fingerprint density at radius 1 is 1.25 bits per heavy atom. The maximum atomic E-state index is 5.88. The highest BCUT2D eigenvalue weighted by atomic mass is 15.3. The van der Waals surface area contributed by atoms with Gasteiger partial charge in [0.2, 0.25) is 0 Å². The number of para-hydroxylation sites is 1. The Morgan fingerprint density at radius 2 is 1.95 bits per heavy atom. The predicted molar refractivity (Wildman–Crippen MR) is 82.4 cm³/mol. The number of rotatable bonds is 3. The average Bonchev–Trinajstić information content (AvgIpc) is 2.79. The van der Waals surface area contributed by atoms with Crippen molar-refractivity contribution in [2.75, 3.05) is 19.6 Å². The molecule has 0 atom stereocenters. The normalized spacial score (nSPS) is 19.6. The molecule has 108 valence electrons. The fraction of sp³-hybridized carbons (Fsp3) is 0.562. The van der Waals surface area contributed by atoms with Gasteiger partial charge in [0.05, 0.1) is 11.2 Å². The van der Waals surface area contributed by atoms with Crippen molar-refractivity contribution in [3.05, 3.63) is 30.0 Å². The van der Waals surface area contributed by atoms with Crippen LogP contribution in [0.25, 0.3) is 10.9 Å². The van der Waals surface area contributed by atoms with Gasteiger partial charge < -0.3 is 5.73 Å². The van der Waals surface area contributed by atoms with Crippen LogP contribution in [0, 0.1) is 5.41 Å². The number of fused-ring (bicyclic) bond motifs is 1. The number of nitrogens with two attached hydrogens (primary N) is 1. The molecule has 2 heterocycles. The Labute approximate surface area is 120 Å². The van der Waals surface area contributed by atoms with Gasteiger partial charge in [-0.1, -0.05) is 25.1 Å². The van der Waals surface area contributed by atoms with E-state index in [9.17, 15) is 0 Å². The molecule has 0 spiro atoms. The molecule has 1 aromatic heterocycles. The van der Waals surface area contributed by atoms with Crippen LogP contribution in [0.5, 0.6) is 0 Å². The molecule has 4 heteroatoms. The molecule has 1 fully saturated rings. The summed E-state index contributed by atoms with van der Waals surface area (Å²) in [5, 5.41) is 5.97. The summed E-state index contributed by atoms with van der Waals surface area (Å²) in [5.74, 6) is 0. The second kappa shape index (κ2) is 5.19. The van der Waals surface area contributed by atoms with Gasteiger partial charge in [-0.2, -0.15) is 5.10 Å². The number of benzene rings is 1. The van der Waals surface area contributed by atoms with E-state index in [0.717, 1.165) is 26.2 Å². The molecule has 1 aliphatic heterocycles. The lowest BCUT2D eigenvalue weighted by Gasteiger charge is -2.38. The first-order chi connectivity index (χ1) is 9.61. The van der Waals surface area contributed by atoms with Crippen LogP contribution in [0.2, 0.25) is 0 Å². The van der Waals surface area contributed by atoms with E-state index in [1.54, 1.807) is 0 Å². The fourth-order valence-corrected chi connectivity index (χ4v) is 3.07. The first-order valence-electron chi connectivity index (χ1n) is 7.44. The fourth-order valence-electron chi connectivity index (χ4n) is 3.07. The van der Waals surface area contributed by atoms with E-state index in [1.165, 1.54) is 29.4 Å². The molecule has 0 unspecified atom stereocenters. The summed E-state index contributed by atoms with van der Waals surface area (Å²) >= 11 is 0. The van der Waals surface area contributed by atoms with Crippen LogP contribution in [0.3, 0.4) is 0 Å². The second-order valence-electron chi connectivity index (χ2n) is 6.38. The number of hydrogen-bond acceptors (Lipinski definition) is 3. The van der Waals surface area contributed by atoms with Crippen LogP contribution < -0.4 is 5.73 Å². The first-order valence-corrected chi connectivity index (χ1v) is 7.44. The third-order valence-corrected chi connectivity index (χ3v) is 4.76. The van der Waals surface area contributed by atoms with Crippen molar-refractivity contribution >= 4 is 10.9 Å². The van der Waals surface area contributed by atoms with Gasteiger partial charge in [0.1, 0.15) is 0 Å². The summed E-state index contributed by atoms with van der Waals surface area (Å²) in [4.78, 5) is 2.51. The maximum absolute atomic E-state index is 5.88. The van der Waals surface area contributed by atoms with Crippen molar-refractivity contribution in [1.29, 1.82) is 0 Å². The standard InChI is InChI=1S/C16H24N4/c1-16(12-17)7-9-20(10-8-16)11-14-13-5-3-4-6-15(13)19(2)18-14/h3-6H,7-12,17H2,1-2H3. The summed E-state index contributed by atoms with van der Waals surface area (Å²) < 4.78 is 1.98. The van der Waals surface area contributed by atoms with Crippen molar-refractivity contribution in [1.82, 2.24) is 14.7 Å². The molecular weight excluding hydrogens is 248 g/mol. The van der Waals surface area contributed by atoms with E-state index < -0.39 is 0 Å². The molecule has 2 aromatic rings. The SMILES string of the molecule is Cn1nc(CN2CCC(C)(CN)CC2)c2ccccc21. The van der Waals surface area contributed by atoms with E-state index in [4.69, 9.17) is 10.8 Å². The monoisotopic (exact) mass is 272 g/mol. The zero-order valence-electron chi connectivity index (χ0n) is 12.5. The molecule has 20 heavy (non-hydrogen) atoms. The third-order valence-electron chi connectivity index (χ3n) is 4.76. The van der Waals surface area contributed by atoms with Gasteiger partial charge >= 0.3 is 0 Å². The van der Waals surface area contributed by atoms with E-state index in [0.29, 0.717) is 5.41 Å². The van der Waals surface area contributed by atoms with E-state index >= 15 is 0 Å².